The molecule has 1 unspecified atom stereocenters. The second-order valence-electron chi connectivity index (χ2n) is 3.84. The van der Waals surface area contributed by atoms with Gasteiger partial charge in [0.2, 0.25) is 0 Å². The number of halogens is 2. The van der Waals surface area contributed by atoms with Gasteiger partial charge in [0.05, 0.1) is 0 Å². The minimum atomic E-state index is -2.45. The summed E-state index contributed by atoms with van der Waals surface area (Å²) in [7, 11) is 0. The summed E-state index contributed by atoms with van der Waals surface area (Å²) in [6, 6.07) is 0. The van der Waals surface area contributed by atoms with E-state index in [1.54, 1.807) is 0 Å². The van der Waals surface area contributed by atoms with Crippen molar-refractivity contribution in [3.05, 3.63) is 6.42 Å². The summed E-state index contributed by atoms with van der Waals surface area (Å²) in [4.78, 5) is 0. The third kappa shape index (κ3) is 1.71. The first kappa shape index (κ1) is 7.51. The fourth-order valence-corrected chi connectivity index (χ4v) is 1.92. The van der Waals surface area contributed by atoms with Crippen molar-refractivity contribution in [1.82, 2.24) is 0 Å². The van der Waals surface area contributed by atoms with Crippen LogP contribution in [0.4, 0.5) is 8.78 Å². The molecule has 63 valence electrons. The second-order valence-corrected chi connectivity index (χ2v) is 3.84. The van der Waals surface area contributed by atoms with Crippen molar-refractivity contribution >= 4 is 0 Å². The number of hydrogen-bond acceptors (Lipinski definition) is 0. The summed E-state index contributed by atoms with van der Waals surface area (Å²) < 4.78 is 25.2. The third-order valence-corrected chi connectivity index (χ3v) is 2.86. The summed E-state index contributed by atoms with van der Waals surface area (Å²) in [5.74, 6) is -1.07. The Bertz CT molecular complexity index is 140. The molecule has 2 fully saturated rings. The van der Waals surface area contributed by atoms with E-state index < -0.39 is 5.92 Å². The van der Waals surface area contributed by atoms with Gasteiger partial charge in [-0.15, -0.1) is 0 Å². The molecule has 1 atom stereocenters. The van der Waals surface area contributed by atoms with Crippen molar-refractivity contribution in [3.63, 3.8) is 0 Å². The summed E-state index contributed by atoms with van der Waals surface area (Å²) in [6.07, 6.45) is 5.27. The normalized spacial score (nSPS) is 32.2. The first-order chi connectivity index (χ1) is 5.17. The predicted octanol–water partition coefficient (Wildman–Crippen LogP) is 3.04. The largest absolute Gasteiger partial charge is 0.251 e. The summed E-state index contributed by atoms with van der Waals surface area (Å²) in [5.41, 5.74) is 0. The van der Waals surface area contributed by atoms with Crippen molar-refractivity contribution in [1.29, 1.82) is 0 Å². The summed E-state index contributed by atoms with van der Waals surface area (Å²) >= 11 is 0. The van der Waals surface area contributed by atoms with Crippen LogP contribution in [0.25, 0.3) is 0 Å². The molecule has 2 rings (SSSR count). The molecule has 2 saturated carbocycles. The van der Waals surface area contributed by atoms with E-state index >= 15 is 0 Å². The fourth-order valence-electron chi connectivity index (χ4n) is 1.92. The van der Waals surface area contributed by atoms with Crippen molar-refractivity contribution in [2.45, 2.75) is 38.0 Å². The van der Waals surface area contributed by atoms with Crippen LogP contribution in [0.15, 0.2) is 0 Å². The molecule has 2 aliphatic rings. The van der Waals surface area contributed by atoms with E-state index in [0.29, 0.717) is 12.3 Å². The van der Waals surface area contributed by atoms with E-state index in [9.17, 15) is 8.78 Å². The van der Waals surface area contributed by atoms with Gasteiger partial charge in [-0.1, -0.05) is 0 Å². The van der Waals surface area contributed by atoms with Gasteiger partial charge in [0.15, 0.2) is 0 Å². The van der Waals surface area contributed by atoms with E-state index in [4.69, 9.17) is 0 Å². The zero-order chi connectivity index (χ0) is 7.90. The molecular weight excluding hydrogens is 146 g/mol. The Hall–Kier alpha value is -0.140. The zero-order valence-corrected chi connectivity index (χ0v) is 6.52. The lowest BCUT2D eigenvalue weighted by atomic mass is 9.84. The standard InChI is InChI=1S/C9H13F2/c10-9(11)5-3-8(4-6-9)7-1-2-7/h5,7-8H,1-4,6H2. The Labute approximate surface area is 66.0 Å². The number of alkyl halides is 2. The minimum absolute atomic E-state index is 0.0914. The molecule has 0 aromatic heterocycles. The topological polar surface area (TPSA) is 0 Å². The average molecular weight is 159 g/mol. The first-order valence-electron chi connectivity index (χ1n) is 4.39. The molecule has 0 heterocycles. The molecule has 0 aliphatic heterocycles. The van der Waals surface area contributed by atoms with Crippen LogP contribution < -0.4 is 0 Å². The van der Waals surface area contributed by atoms with Crippen LogP contribution in [-0.2, 0) is 0 Å². The van der Waals surface area contributed by atoms with Crippen LogP contribution in [0.1, 0.15) is 32.1 Å². The van der Waals surface area contributed by atoms with Gasteiger partial charge in [0, 0.05) is 12.8 Å². The Kier molecular flexibility index (Phi) is 1.66. The molecule has 0 aromatic rings. The minimum Gasteiger partial charge on any atom is -0.207 e. The van der Waals surface area contributed by atoms with Gasteiger partial charge in [0.1, 0.15) is 0 Å². The highest BCUT2D eigenvalue weighted by atomic mass is 19.3. The lowest BCUT2D eigenvalue weighted by molar-refractivity contribution is -0.00268. The van der Waals surface area contributed by atoms with E-state index in [1.807, 2.05) is 0 Å². The molecule has 0 nitrogen and oxygen atoms in total. The number of rotatable bonds is 1. The van der Waals surface area contributed by atoms with Crippen LogP contribution in [-0.4, -0.2) is 5.92 Å². The van der Waals surface area contributed by atoms with E-state index in [2.05, 4.69) is 0 Å². The molecular formula is C9H13F2. The second kappa shape index (κ2) is 2.43. The fraction of sp³-hybridized carbons (Fsp3) is 0.889. The van der Waals surface area contributed by atoms with E-state index in [0.717, 1.165) is 12.3 Å². The van der Waals surface area contributed by atoms with Crippen molar-refractivity contribution in [2.24, 2.45) is 11.8 Å². The van der Waals surface area contributed by atoms with Crippen LogP contribution in [0.2, 0.25) is 0 Å². The molecule has 1 radical (unpaired) electrons. The van der Waals surface area contributed by atoms with Crippen molar-refractivity contribution < 1.29 is 8.78 Å². The Balaban J connectivity index is 1.84. The molecule has 0 N–H and O–H groups in total. The van der Waals surface area contributed by atoms with Gasteiger partial charge in [-0.3, -0.25) is 0 Å². The SMILES string of the molecule is FC1(F)[CH]CC(C2CC2)CC1. The van der Waals surface area contributed by atoms with Gasteiger partial charge in [-0.05, 0) is 37.5 Å². The first-order valence-corrected chi connectivity index (χ1v) is 4.39. The maximum atomic E-state index is 12.6. The van der Waals surface area contributed by atoms with Gasteiger partial charge < -0.3 is 0 Å². The van der Waals surface area contributed by atoms with Crippen LogP contribution in [0.5, 0.6) is 0 Å². The molecule has 2 aliphatic carbocycles. The van der Waals surface area contributed by atoms with Crippen molar-refractivity contribution in [3.8, 4) is 0 Å². The summed E-state index contributed by atoms with van der Waals surface area (Å²) in [5, 5.41) is 0. The Morgan fingerprint density at radius 2 is 1.82 bits per heavy atom. The lowest BCUT2D eigenvalue weighted by Crippen LogP contribution is -2.26. The maximum Gasteiger partial charge on any atom is 0.251 e. The molecule has 0 aromatic carbocycles. The average Bonchev–Trinajstić information content (AvgIpc) is 2.70. The van der Waals surface area contributed by atoms with Gasteiger partial charge in [-0.2, -0.15) is 0 Å². The maximum absolute atomic E-state index is 12.6. The smallest absolute Gasteiger partial charge is 0.207 e. The van der Waals surface area contributed by atoms with E-state index in [1.165, 1.54) is 19.3 Å². The molecule has 0 bridgehead atoms. The molecule has 0 spiro atoms. The van der Waals surface area contributed by atoms with Crippen LogP contribution >= 0.6 is 0 Å². The summed E-state index contributed by atoms with van der Waals surface area (Å²) in [6.45, 7) is 0. The monoisotopic (exact) mass is 159 g/mol. The van der Waals surface area contributed by atoms with Crippen molar-refractivity contribution in [2.75, 3.05) is 0 Å². The molecule has 2 heteroatoms. The predicted molar refractivity (Wildman–Crippen MR) is 39.3 cm³/mol. The van der Waals surface area contributed by atoms with E-state index in [-0.39, 0.29) is 6.42 Å². The highest BCUT2D eigenvalue weighted by Crippen LogP contribution is 2.46. The lowest BCUT2D eigenvalue weighted by Gasteiger charge is -2.27. The van der Waals surface area contributed by atoms with Gasteiger partial charge >= 0.3 is 0 Å². The highest BCUT2D eigenvalue weighted by Gasteiger charge is 2.40. The quantitative estimate of drug-likeness (QED) is 0.551. The Morgan fingerprint density at radius 3 is 2.27 bits per heavy atom. The molecule has 11 heavy (non-hydrogen) atoms. The molecule has 0 amide bonds. The zero-order valence-electron chi connectivity index (χ0n) is 6.52. The number of hydrogen-bond donors (Lipinski definition) is 0. The van der Waals surface area contributed by atoms with Gasteiger partial charge in [0.25, 0.3) is 5.92 Å². The van der Waals surface area contributed by atoms with Crippen LogP contribution in [0, 0.1) is 18.3 Å². The van der Waals surface area contributed by atoms with Crippen LogP contribution in [0.3, 0.4) is 0 Å². The third-order valence-electron chi connectivity index (χ3n) is 2.86. The Morgan fingerprint density at radius 1 is 1.09 bits per heavy atom. The van der Waals surface area contributed by atoms with Gasteiger partial charge in [-0.25, -0.2) is 8.78 Å². The molecule has 0 saturated heterocycles. The highest BCUT2D eigenvalue weighted by molar-refractivity contribution is 4.96.